The third kappa shape index (κ3) is 10.9. The lowest BCUT2D eigenvalue weighted by Crippen LogP contribution is -2.63. The third-order valence-electron chi connectivity index (χ3n) is 10.7. The van der Waals surface area contributed by atoms with Crippen molar-refractivity contribution in [1.82, 2.24) is 0 Å². The summed E-state index contributed by atoms with van der Waals surface area (Å²) in [5, 5.41) is 124. The number of carbonyl (C=O) groups excluding carboxylic acids is 2. The molecule has 2 aromatic rings. The Morgan fingerprint density at radius 3 is 1.28 bits per heavy atom. The normalized spacial score (nSPS) is 36.4. The van der Waals surface area contributed by atoms with Crippen LogP contribution in [0.1, 0.15) is 44.0 Å². The molecule has 0 aromatic heterocycles. The molecule has 18 atom stereocenters. The number of aliphatic hydroxyl groups is 12. The Labute approximate surface area is 348 Å². The Morgan fingerprint density at radius 1 is 0.541 bits per heavy atom. The summed E-state index contributed by atoms with van der Waals surface area (Å²) in [7, 11) is 0. The summed E-state index contributed by atoms with van der Waals surface area (Å²) in [6, 6.07) is 15.0. The summed E-state index contributed by atoms with van der Waals surface area (Å²) in [6.45, 7) is 0.236. The molecule has 2 aromatic carbocycles. The number of aliphatic hydroxyl groups excluding tert-OH is 12. The zero-order valence-electron chi connectivity index (χ0n) is 32.9. The number of ether oxygens (including phenoxy) is 8. The molecule has 0 aliphatic carbocycles. The van der Waals surface area contributed by atoms with E-state index < -0.39 is 154 Å². The molecule has 3 aliphatic rings. The van der Waals surface area contributed by atoms with Gasteiger partial charge in [0, 0.05) is 11.1 Å². The number of rotatable bonds is 17. The lowest BCUT2D eigenvalue weighted by molar-refractivity contribution is -0.347. The summed E-state index contributed by atoms with van der Waals surface area (Å²) in [6.07, 6.45) is -32.1. The zero-order chi connectivity index (χ0) is 44.8. The van der Waals surface area contributed by atoms with Crippen molar-refractivity contribution in [3.8, 4) is 0 Å². The predicted molar refractivity (Wildman–Crippen MR) is 197 cm³/mol. The Balaban J connectivity index is 1.51. The molecule has 3 heterocycles. The zero-order valence-corrected chi connectivity index (χ0v) is 32.9. The van der Waals surface area contributed by atoms with Crippen LogP contribution in [0.15, 0.2) is 60.7 Å². The van der Waals surface area contributed by atoms with Gasteiger partial charge in [0.25, 0.3) is 0 Å². The van der Waals surface area contributed by atoms with E-state index in [0.29, 0.717) is 0 Å². The van der Waals surface area contributed by atoms with E-state index in [1.807, 2.05) is 0 Å². The molecule has 22 heteroatoms. The molecule has 22 nitrogen and oxygen atoms in total. The minimum Gasteiger partial charge on any atom is -0.431 e. The van der Waals surface area contributed by atoms with Crippen LogP contribution >= 0.6 is 0 Å². The first-order chi connectivity index (χ1) is 29.0. The molecular weight excluding hydrogens is 820 g/mol. The standard InChI is InChI=1S/C39H54O22/c1-17(2)39(61-37-32(52)29(49)26(46)22(16-42)56-37,38(53)60-34(19-11-7-4-8-12-19)59-36-31(51)28(48)25(45)21(15-41)55-36)13-23(43)57-33(18-9-5-3-6-10-18)58-35-30(50)27(47)24(44)20(14-40)54-35/h3-12,17,20-22,24-37,40-42,44-52H,13-16H2,1-2H3/t20-,21-,22-,24-,25-,26-,27+,28+,29+,30-,31-,32-,33?,34?,35+,36+,37+,39?/m1/s1. The minimum atomic E-state index is -2.64. The summed E-state index contributed by atoms with van der Waals surface area (Å²) in [5.74, 6) is -3.93. The van der Waals surface area contributed by atoms with Gasteiger partial charge in [0.05, 0.1) is 26.2 Å². The molecule has 3 fully saturated rings. The molecule has 3 unspecified atom stereocenters. The summed E-state index contributed by atoms with van der Waals surface area (Å²) >= 11 is 0. The van der Waals surface area contributed by atoms with Crippen LogP contribution in [-0.4, -0.2) is 191 Å². The van der Waals surface area contributed by atoms with Gasteiger partial charge in [-0.05, 0) is 5.92 Å². The van der Waals surface area contributed by atoms with Gasteiger partial charge in [-0.2, -0.15) is 0 Å². The minimum absolute atomic E-state index is 0.0814. The van der Waals surface area contributed by atoms with Crippen LogP contribution in [0, 0.1) is 5.92 Å². The number of esters is 2. The van der Waals surface area contributed by atoms with Gasteiger partial charge < -0.3 is 99.2 Å². The first-order valence-electron chi connectivity index (χ1n) is 19.4. The van der Waals surface area contributed by atoms with Crippen molar-refractivity contribution >= 4 is 11.9 Å². The topological polar surface area (TPSA) is 351 Å². The molecule has 342 valence electrons. The van der Waals surface area contributed by atoms with Gasteiger partial charge in [0.2, 0.25) is 12.6 Å². The summed E-state index contributed by atoms with van der Waals surface area (Å²) < 4.78 is 45.8. The van der Waals surface area contributed by atoms with Gasteiger partial charge in [-0.3, -0.25) is 4.79 Å². The molecule has 3 saturated heterocycles. The van der Waals surface area contributed by atoms with Crippen LogP contribution in [-0.2, 0) is 47.5 Å². The number of hydrogen-bond donors (Lipinski definition) is 12. The second-order valence-electron chi connectivity index (χ2n) is 15.1. The fraction of sp³-hybridized carbons (Fsp3) is 0.641. The van der Waals surface area contributed by atoms with Crippen molar-refractivity contribution in [2.24, 2.45) is 5.92 Å². The number of hydrogen-bond acceptors (Lipinski definition) is 22. The maximum absolute atomic E-state index is 14.8. The van der Waals surface area contributed by atoms with E-state index in [1.54, 1.807) is 12.1 Å². The van der Waals surface area contributed by atoms with E-state index in [-0.39, 0.29) is 11.1 Å². The van der Waals surface area contributed by atoms with Crippen molar-refractivity contribution in [3.63, 3.8) is 0 Å². The second-order valence-corrected chi connectivity index (χ2v) is 15.1. The van der Waals surface area contributed by atoms with Crippen molar-refractivity contribution in [2.45, 2.75) is 131 Å². The monoisotopic (exact) mass is 874 g/mol. The Kier molecular flexibility index (Phi) is 17.0. The highest BCUT2D eigenvalue weighted by Crippen LogP contribution is 2.38. The van der Waals surface area contributed by atoms with Crippen molar-refractivity contribution in [2.75, 3.05) is 19.8 Å². The molecule has 5 rings (SSSR count). The Morgan fingerprint density at radius 2 is 0.902 bits per heavy atom. The van der Waals surface area contributed by atoms with Crippen LogP contribution in [0.3, 0.4) is 0 Å². The van der Waals surface area contributed by atoms with Crippen molar-refractivity contribution in [1.29, 1.82) is 0 Å². The number of benzene rings is 2. The Bertz CT molecular complexity index is 1670. The first kappa shape index (κ1) is 48.7. The molecule has 0 spiro atoms. The average molecular weight is 875 g/mol. The largest absolute Gasteiger partial charge is 0.431 e. The molecule has 61 heavy (non-hydrogen) atoms. The molecule has 0 saturated carbocycles. The third-order valence-corrected chi connectivity index (χ3v) is 10.7. The second kappa shape index (κ2) is 21.4. The predicted octanol–water partition coefficient (Wildman–Crippen LogP) is -4.30. The van der Waals surface area contributed by atoms with Crippen LogP contribution in [0.2, 0.25) is 0 Å². The molecular formula is C39H54O22. The highest BCUT2D eigenvalue weighted by molar-refractivity contribution is 5.86. The highest BCUT2D eigenvalue weighted by atomic mass is 16.8. The van der Waals surface area contributed by atoms with Crippen LogP contribution < -0.4 is 0 Å². The Hall–Kier alpha value is -3.34. The highest BCUT2D eigenvalue weighted by Gasteiger charge is 2.55. The average Bonchev–Trinajstić information content (AvgIpc) is 3.26. The van der Waals surface area contributed by atoms with Gasteiger partial charge in [0.15, 0.2) is 24.5 Å². The van der Waals surface area contributed by atoms with Crippen molar-refractivity contribution < 1.29 is 109 Å². The van der Waals surface area contributed by atoms with Gasteiger partial charge in [-0.25, -0.2) is 4.79 Å². The van der Waals surface area contributed by atoms with E-state index in [0.717, 1.165) is 0 Å². The van der Waals surface area contributed by atoms with Gasteiger partial charge >= 0.3 is 11.9 Å². The SMILES string of the molecule is CC(C)C(CC(=O)OC(O[C@@H]1O[C@H](CO)[C@@H](O)[C@H](O)[C@H]1O)c1ccccc1)(O[C@@H]1O[C@H](CO)[C@@H](O)[C@H](O)[C@H]1O)C(=O)OC(O[C@@H]1O[C@H](CO)[C@@H](O)[C@H](O)[C@H]1O)c1ccccc1. The van der Waals surface area contributed by atoms with Gasteiger partial charge in [0.1, 0.15) is 73.2 Å². The van der Waals surface area contributed by atoms with Crippen LogP contribution in [0.4, 0.5) is 0 Å². The molecule has 0 bridgehead atoms. The van der Waals surface area contributed by atoms with Crippen LogP contribution in [0.25, 0.3) is 0 Å². The summed E-state index contributed by atoms with van der Waals surface area (Å²) in [5.41, 5.74) is -2.43. The van der Waals surface area contributed by atoms with E-state index in [1.165, 1.54) is 62.4 Å². The molecule has 3 aliphatic heterocycles. The molecule has 0 amide bonds. The van der Waals surface area contributed by atoms with E-state index in [9.17, 15) is 70.9 Å². The lowest BCUT2D eigenvalue weighted by Gasteiger charge is -2.45. The van der Waals surface area contributed by atoms with E-state index in [2.05, 4.69) is 0 Å². The van der Waals surface area contributed by atoms with E-state index >= 15 is 0 Å². The van der Waals surface area contributed by atoms with Crippen LogP contribution in [0.5, 0.6) is 0 Å². The number of carbonyl (C=O) groups is 2. The summed E-state index contributed by atoms with van der Waals surface area (Å²) in [4.78, 5) is 29.0. The van der Waals surface area contributed by atoms with Gasteiger partial charge in [-0.15, -0.1) is 0 Å². The van der Waals surface area contributed by atoms with E-state index in [4.69, 9.17) is 37.9 Å². The van der Waals surface area contributed by atoms with Gasteiger partial charge in [-0.1, -0.05) is 74.5 Å². The fourth-order valence-corrected chi connectivity index (χ4v) is 6.85. The first-order valence-corrected chi connectivity index (χ1v) is 19.4. The quantitative estimate of drug-likeness (QED) is 0.0528. The maximum Gasteiger partial charge on any atom is 0.342 e. The molecule has 0 radical (unpaired) electrons. The maximum atomic E-state index is 14.8. The molecule has 12 N–H and O–H groups in total. The fourth-order valence-electron chi connectivity index (χ4n) is 6.85. The lowest BCUT2D eigenvalue weighted by atomic mass is 9.86. The smallest absolute Gasteiger partial charge is 0.342 e. The van der Waals surface area contributed by atoms with Crippen molar-refractivity contribution in [3.05, 3.63) is 71.8 Å².